The van der Waals surface area contributed by atoms with Crippen LogP contribution in [0.25, 0.3) is 44.2 Å². The quantitative estimate of drug-likeness (QED) is 0.136. The zero-order valence-electron chi connectivity index (χ0n) is 31.4. The molecule has 0 saturated carbocycles. The smallest absolute Gasteiger partial charge is 0.407 e. The van der Waals surface area contributed by atoms with E-state index in [1.807, 2.05) is 25.1 Å². The molecule has 55 heavy (non-hydrogen) atoms. The summed E-state index contributed by atoms with van der Waals surface area (Å²) in [7, 11) is 4.39. The molecule has 4 N–H and O–H groups in total. The van der Waals surface area contributed by atoms with E-state index < -0.39 is 24.3 Å². The topological polar surface area (TPSA) is 184 Å². The van der Waals surface area contributed by atoms with Crippen LogP contribution in [-0.4, -0.2) is 106 Å². The highest BCUT2D eigenvalue weighted by atomic mass is 16.5. The Morgan fingerprint density at radius 2 is 1.87 bits per heavy atom. The number of hydrogen-bond acceptors (Lipinski definition) is 9. The number of rotatable bonds is 9. The van der Waals surface area contributed by atoms with Crippen molar-refractivity contribution in [3.05, 3.63) is 65.9 Å². The molecule has 0 radical (unpaired) electrons. The maximum absolute atomic E-state index is 14.0. The predicted molar refractivity (Wildman–Crippen MR) is 202 cm³/mol. The van der Waals surface area contributed by atoms with Gasteiger partial charge in [0, 0.05) is 43.7 Å². The molecule has 2 saturated heterocycles. The van der Waals surface area contributed by atoms with Gasteiger partial charge in [-0.1, -0.05) is 18.2 Å². The van der Waals surface area contributed by atoms with Crippen LogP contribution in [0.3, 0.4) is 0 Å². The van der Waals surface area contributed by atoms with E-state index >= 15 is 0 Å². The van der Waals surface area contributed by atoms with Gasteiger partial charge >= 0.3 is 12.2 Å². The molecule has 2 fully saturated rings. The number of carbonyl (C=O) groups excluding carboxylic acids is 2. The van der Waals surface area contributed by atoms with Crippen LogP contribution >= 0.6 is 0 Å². The second kappa shape index (κ2) is 14.5. The SMILES string of the molecule is COC[C@H]1C[C@@H](c2ncc(-c3ccc4c(c3)COc3cc5c(ccc6[nH]c([C@@H]7CC[C@H](C)N7C(=O)[C@@H](NC(=O)OC)C(C)OC)nc65)cc3-4)[nH]2)N(C(=O)O)C1. The van der Waals surface area contributed by atoms with Gasteiger partial charge in [-0.15, -0.1) is 0 Å². The van der Waals surface area contributed by atoms with Crippen LogP contribution in [0.5, 0.6) is 5.75 Å². The molecule has 5 heterocycles. The van der Waals surface area contributed by atoms with E-state index in [4.69, 9.17) is 23.9 Å². The van der Waals surface area contributed by atoms with Gasteiger partial charge in [0.25, 0.3) is 0 Å². The number of carbonyl (C=O) groups is 3. The molecule has 3 amide bonds. The van der Waals surface area contributed by atoms with Gasteiger partial charge in [0.15, 0.2) is 0 Å². The molecule has 5 aromatic rings. The molecule has 0 aliphatic carbocycles. The number of nitrogens with one attached hydrogen (secondary N) is 3. The predicted octanol–water partition coefficient (Wildman–Crippen LogP) is 6.16. The largest absolute Gasteiger partial charge is 0.488 e. The molecule has 0 bridgehead atoms. The van der Waals surface area contributed by atoms with E-state index in [1.54, 1.807) is 25.1 Å². The van der Waals surface area contributed by atoms with Gasteiger partial charge in [-0.2, -0.15) is 0 Å². The summed E-state index contributed by atoms with van der Waals surface area (Å²) in [4.78, 5) is 57.9. The van der Waals surface area contributed by atoms with Crippen molar-refractivity contribution in [2.24, 2.45) is 5.92 Å². The van der Waals surface area contributed by atoms with Gasteiger partial charge < -0.3 is 44.2 Å². The normalized spacial score (nSPS) is 21.6. The molecule has 288 valence electrons. The first kappa shape index (κ1) is 36.3. The number of imidazole rings is 2. The minimum atomic E-state index is -0.966. The number of benzene rings is 3. The number of alkyl carbamates (subject to hydrolysis) is 1. The van der Waals surface area contributed by atoms with E-state index in [0.717, 1.165) is 61.9 Å². The van der Waals surface area contributed by atoms with E-state index in [0.29, 0.717) is 44.2 Å². The third kappa shape index (κ3) is 6.50. The van der Waals surface area contributed by atoms with E-state index in [9.17, 15) is 19.5 Å². The average Bonchev–Trinajstić information content (AvgIpc) is 4.01. The first-order valence-corrected chi connectivity index (χ1v) is 18.5. The molecule has 2 aromatic heterocycles. The zero-order chi connectivity index (χ0) is 38.5. The Labute approximate surface area is 317 Å². The molecule has 3 aromatic carbocycles. The van der Waals surface area contributed by atoms with Gasteiger partial charge in [-0.05, 0) is 79.5 Å². The Kier molecular flexibility index (Phi) is 9.59. The van der Waals surface area contributed by atoms with Gasteiger partial charge in [0.2, 0.25) is 5.91 Å². The fourth-order valence-corrected chi connectivity index (χ4v) is 8.52. The Hall–Kier alpha value is -5.67. The fourth-order valence-electron chi connectivity index (χ4n) is 8.52. The van der Waals surface area contributed by atoms with Gasteiger partial charge in [-0.25, -0.2) is 19.6 Å². The maximum Gasteiger partial charge on any atom is 0.407 e. The second-order valence-electron chi connectivity index (χ2n) is 14.7. The molecule has 15 nitrogen and oxygen atoms in total. The number of ether oxygens (including phenoxy) is 4. The lowest BCUT2D eigenvalue weighted by Crippen LogP contribution is -2.55. The highest BCUT2D eigenvalue weighted by Gasteiger charge is 2.42. The van der Waals surface area contributed by atoms with Crippen molar-refractivity contribution in [1.82, 2.24) is 35.1 Å². The summed E-state index contributed by atoms with van der Waals surface area (Å²) >= 11 is 0. The molecule has 1 unspecified atom stereocenters. The van der Waals surface area contributed by atoms with Crippen LogP contribution < -0.4 is 10.1 Å². The summed E-state index contributed by atoms with van der Waals surface area (Å²) in [5, 5.41) is 14.4. The highest BCUT2D eigenvalue weighted by Crippen LogP contribution is 2.44. The summed E-state index contributed by atoms with van der Waals surface area (Å²) in [6.07, 6.45) is 1.65. The van der Waals surface area contributed by atoms with Crippen molar-refractivity contribution in [2.75, 3.05) is 34.5 Å². The van der Waals surface area contributed by atoms with Crippen molar-refractivity contribution < 1.29 is 38.4 Å². The number of fused-ring (bicyclic) bond motifs is 6. The third-order valence-electron chi connectivity index (χ3n) is 11.4. The van der Waals surface area contributed by atoms with Crippen molar-refractivity contribution in [2.45, 2.75) is 70.0 Å². The van der Waals surface area contributed by atoms with Crippen LogP contribution in [0.2, 0.25) is 0 Å². The van der Waals surface area contributed by atoms with Crippen molar-refractivity contribution in [3.63, 3.8) is 0 Å². The zero-order valence-corrected chi connectivity index (χ0v) is 31.4. The van der Waals surface area contributed by atoms with E-state index in [2.05, 4.69) is 44.5 Å². The second-order valence-corrected chi connectivity index (χ2v) is 14.7. The first-order chi connectivity index (χ1) is 26.6. The number of hydrogen-bond donors (Lipinski definition) is 4. The average molecular weight is 752 g/mol. The Morgan fingerprint density at radius 3 is 2.64 bits per heavy atom. The maximum atomic E-state index is 14.0. The number of likely N-dealkylation sites (tertiary alicyclic amines) is 2. The van der Waals surface area contributed by atoms with Crippen LogP contribution in [0, 0.1) is 5.92 Å². The molecule has 0 spiro atoms. The lowest BCUT2D eigenvalue weighted by molar-refractivity contribution is -0.139. The summed E-state index contributed by atoms with van der Waals surface area (Å²) in [5.74, 6) is 1.91. The standard InChI is InChI=1S/C40H45N7O8/c1-20-6-11-31(47(20)38(48)34(21(2)53-4)45-39(49)54-5)37-42-29-10-8-23-14-28-26-9-7-24(13-25(26)19-55-33(28)15-27(23)35(29)44-37)30-16-41-36(43-30)32-12-22(18-52-3)17-46(32)40(50)51/h7-10,13-16,20-22,31-32,34H,6,11-12,17-19H2,1-5H3,(H,41,43)(H,42,44)(H,45,49)(H,50,51)/t20-,21?,22-,31-,32-,34-/m0/s1. The third-order valence-corrected chi connectivity index (χ3v) is 11.4. The number of carboxylic acid groups (broad SMARTS) is 1. The number of aromatic nitrogens is 4. The Bertz CT molecular complexity index is 2290. The summed E-state index contributed by atoms with van der Waals surface area (Å²) in [6.45, 7) is 5.02. The molecule has 15 heteroatoms. The van der Waals surface area contributed by atoms with Gasteiger partial charge in [0.05, 0.1) is 54.8 Å². The summed E-state index contributed by atoms with van der Waals surface area (Å²) in [5.41, 5.74) is 6.45. The number of amides is 3. The number of nitrogens with zero attached hydrogens (tertiary/aromatic N) is 4. The summed E-state index contributed by atoms with van der Waals surface area (Å²) < 4.78 is 21.9. The van der Waals surface area contributed by atoms with Crippen LogP contribution in [0.1, 0.15) is 62.4 Å². The van der Waals surface area contributed by atoms with Crippen molar-refractivity contribution in [3.8, 4) is 28.1 Å². The molecular weight excluding hydrogens is 706 g/mol. The van der Waals surface area contributed by atoms with E-state index in [1.165, 1.54) is 19.1 Å². The lowest BCUT2D eigenvalue weighted by Gasteiger charge is -2.33. The highest BCUT2D eigenvalue weighted by molar-refractivity contribution is 6.07. The van der Waals surface area contributed by atoms with Crippen molar-refractivity contribution in [1.29, 1.82) is 0 Å². The van der Waals surface area contributed by atoms with Crippen LogP contribution in [-0.2, 0) is 25.6 Å². The fraction of sp³-hybridized carbons (Fsp3) is 0.425. The van der Waals surface area contributed by atoms with E-state index in [-0.39, 0.29) is 30.0 Å². The molecule has 3 aliphatic rings. The molecule has 3 aliphatic heterocycles. The number of H-pyrrole nitrogens is 2. The van der Waals surface area contributed by atoms with Crippen LogP contribution in [0.4, 0.5) is 9.59 Å². The molecule has 6 atom stereocenters. The molecule has 8 rings (SSSR count). The number of aromatic amines is 2. The van der Waals surface area contributed by atoms with Gasteiger partial charge in [0.1, 0.15) is 30.0 Å². The Morgan fingerprint density at radius 1 is 1.04 bits per heavy atom. The first-order valence-electron chi connectivity index (χ1n) is 18.5. The monoisotopic (exact) mass is 751 g/mol. The van der Waals surface area contributed by atoms with Crippen molar-refractivity contribution >= 4 is 39.9 Å². The summed E-state index contributed by atoms with van der Waals surface area (Å²) in [6, 6.07) is 12.8. The van der Waals surface area contributed by atoms with Gasteiger partial charge in [-0.3, -0.25) is 9.69 Å². The minimum absolute atomic E-state index is 0.0757. The van der Waals surface area contributed by atoms with Crippen LogP contribution in [0.15, 0.2) is 48.7 Å². The minimum Gasteiger partial charge on any atom is -0.488 e. The number of methoxy groups -OCH3 is 3. The molecular formula is C40H45N7O8. The lowest BCUT2D eigenvalue weighted by atomic mass is 9.92. The Balaban J connectivity index is 1.07.